The van der Waals surface area contributed by atoms with Crippen molar-refractivity contribution in [2.75, 3.05) is 0 Å². The van der Waals surface area contributed by atoms with Gasteiger partial charge >= 0.3 is 0 Å². The Balaban J connectivity index is 0.00000261. The van der Waals surface area contributed by atoms with Crippen molar-refractivity contribution in [3.63, 3.8) is 0 Å². The summed E-state index contributed by atoms with van der Waals surface area (Å²) in [5.41, 5.74) is 2.87. The Morgan fingerprint density at radius 3 is 2.41 bits per heavy atom. The molecule has 3 rings (SSSR count). The zero-order valence-electron chi connectivity index (χ0n) is 15.4. The van der Waals surface area contributed by atoms with Crippen LogP contribution in [0.2, 0.25) is 0 Å². The van der Waals surface area contributed by atoms with Crippen molar-refractivity contribution in [1.29, 1.82) is 0 Å². The van der Waals surface area contributed by atoms with Crippen molar-refractivity contribution in [3.8, 4) is 22.4 Å². The number of hydrogen-bond donors (Lipinski definition) is 1. The van der Waals surface area contributed by atoms with E-state index in [0.717, 1.165) is 11.1 Å². The third-order valence-electron chi connectivity index (χ3n) is 3.91. The van der Waals surface area contributed by atoms with Crippen LogP contribution in [0.15, 0.2) is 64.0 Å². The van der Waals surface area contributed by atoms with E-state index < -0.39 is 15.9 Å². The maximum Gasteiger partial charge on any atom is 0.264 e. The SMILES string of the molecule is CCC(=O)NS(=O)(=O)c1cccc(-c2c(-c3ccccc3)noc2C)c1.[Na]. The Hall–Kier alpha value is -1.93. The quantitative estimate of drug-likeness (QED) is 0.673. The van der Waals surface area contributed by atoms with Gasteiger partial charge in [0.15, 0.2) is 0 Å². The summed E-state index contributed by atoms with van der Waals surface area (Å²) in [6.45, 7) is 3.36. The van der Waals surface area contributed by atoms with E-state index in [9.17, 15) is 13.2 Å². The average molecular weight is 393 g/mol. The van der Waals surface area contributed by atoms with Crippen LogP contribution in [0.4, 0.5) is 0 Å². The van der Waals surface area contributed by atoms with Gasteiger partial charge in [0.25, 0.3) is 10.0 Å². The molecule has 0 aliphatic heterocycles. The Bertz CT molecular complexity index is 1050. The van der Waals surface area contributed by atoms with Gasteiger partial charge in [0.2, 0.25) is 5.91 Å². The Morgan fingerprint density at radius 2 is 1.74 bits per heavy atom. The fraction of sp³-hybridized carbons (Fsp3) is 0.158. The molecule has 135 valence electrons. The van der Waals surface area contributed by atoms with Crippen molar-refractivity contribution in [2.45, 2.75) is 25.2 Å². The molecular weight excluding hydrogens is 375 g/mol. The summed E-state index contributed by atoms with van der Waals surface area (Å²) in [6, 6.07) is 15.9. The second-order valence-corrected chi connectivity index (χ2v) is 7.42. The van der Waals surface area contributed by atoms with Crippen LogP contribution < -0.4 is 4.72 Å². The van der Waals surface area contributed by atoms with Crippen molar-refractivity contribution >= 4 is 45.5 Å². The summed E-state index contributed by atoms with van der Waals surface area (Å²) in [7, 11) is -3.93. The number of benzene rings is 2. The molecule has 6 nitrogen and oxygen atoms in total. The largest absolute Gasteiger partial charge is 0.360 e. The zero-order chi connectivity index (χ0) is 18.7. The summed E-state index contributed by atoms with van der Waals surface area (Å²) in [5, 5.41) is 4.12. The Kier molecular flexibility index (Phi) is 7.00. The standard InChI is InChI=1S/C19H18N2O4S.Na/c1-3-17(22)21-26(23,24)16-11-7-10-15(12-16)18-13(2)25-20-19(18)14-8-5-4-6-9-14;/h4-12H,3H2,1-2H3,(H,21,22);. The number of amides is 1. The van der Waals surface area contributed by atoms with E-state index in [4.69, 9.17) is 4.52 Å². The smallest absolute Gasteiger partial charge is 0.264 e. The molecule has 1 N–H and O–H groups in total. The van der Waals surface area contributed by atoms with E-state index >= 15 is 0 Å². The zero-order valence-corrected chi connectivity index (χ0v) is 18.2. The van der Waals surface area contributed by atoms with Gasteiger partial charge in [-0.25, -0.2) is 13.1 Å². The van der Waals surface area contributed by atoms with Gasteiger partial charge in [-0.2, -0.15) is 0 Å². The van der Waals surface area contributed by atoms with Crippen LogP contribution in [-0.4, -0.2) is 49.0 Å². The van der Waals surface area contributed by atoms with Gasteiger partial charge in [-0.05, 0) is 24.6 Å². The number of nitrogens with one attached hydrogen (secondary N) is 1. The molecule has 1 amide bonds. The maximum atomic E-state index is 12.4. The molecule has 3 aromatic rings. The first-order valence-electron chi connectivity index (χ1n) is 8.10. The topological polar surface area (TPSA) is 89.3 Å². The molecule has 0 bridgehead atoms. The molecule has 0 atom stereocenters. The minimum atomic E-state index is -3.93. The van der Waals surface area contributed by atoms with Crippen molar-refractivity contribution in [1.82, 2.24) is 9.88 Å². The van der Waals surface area contributed by atoms with Crippen LogP contribution in [0.25, 0.3) is 22.4 Å². The normalized spacial score (nSPS) is 10.9. The fourth-order valence-corrected chi connectivity index (χ4v) is 3.71. The van der Waals surface area contributed by atoms with E-state index in [-0.39, 0.29) is 40.9 Å². The number of rotatable bonds is 5. The molecule has 0 saturated heterocycles. The molecule has 2 aromatic carbocycles. The van der Waals surface area contributed by atoms with Crippen LogP contribution >= 0.6 is 0 Å². The summed E-state index contributed by atoms with van der Waals surface area (Å²) in [4.78, 5) is 11.5. The van der Waals surface area contributed by atoms with Gasteiger partial charge in [0.1, 0.15) is 11.5 Å². The predicted molar refractivity (Wildman–Crippen MR) is 103 cm³/mol. The van der Waals surface area contributed by atoms with E-state index in [2.05, 4.69) is 5.16 Å². The minimum Gasteiger partial charge on any atom is -0.360 e. The second kappa shape index (κ2) is 8.84. The van der Waals surface area contributed by atoms with E-state index in [1.165, 1.54) is 12.1 Å². The summed E-state index contributed by atoms with van der Waals surface area (Å²) >= 11 is 0. The molecule has 0 aliphatic rings. The van der Waals surface area contributed by atoms with Gasteiger partial charge in [0, 0.05) is 41.5 Å². The number of carbonyl (C=O) groups excluding carboxylic acids is 1. The van der Waals surface area contributed by atoms with Crippen molar-refractivity contribution in [3.05, 3.63) is 60.4 Å². The van der Waals surface area contributed by atoms with Crippen LogP contribution in [0.3, 0.4) is 0 Å². The Labute approximate surface area is 180 Å². The molecule has 1 heterocycles. The van der Waals surface area contributed by atoms with Gasteiger partial charge < -0.3 is 4.52 Å². The third kappa shape index (κ3) is 4.68. The van der Waals surface area contributed by atoms with Crippen molar-refractivity contribution < 1.29 is 17.7 Å². The van der Waals surface area contributed by atoms with Crippen LogP contribution in [-0.2, 0) is 14.8 Å². The number of aromatic nitrogens is 1. The van der Waals surface area contributed by atoms with Gasteiger partial charge in [-0.15, -0.1) is 0 Å². The molecule has 1 radical (unpaired) electrons. The van der Waals surface area contributed by atoms with Crippen LogP contribution in [0.5, 0.6) is 0 Å². The monoisotopic (exact) mass is 393 g/mol. The van der Waals surface area contributed by atoms with Gasteiger partial charge in [-0.1, -0.05) is 54.5 Å². The third-order valence-corrected chi connectivity index (χ3v) is 5.28. The van der Waals surface area contributed by atoms with Crippen LogP contribution in [0, 0.1) is 6.92 Å². The maximum absolute atomic E-state index is 12.4. The summed E-state index contributed by atoms with van der Waals surface area (Å²) in [5.74, 6) is 0.0255. The predicted octanol–water partition coefficient (Wildman–Crippen LogP) is 3.15. The minimum absolute atomic E-state index is 0. The molecule has 27 heavy (non-hydrogen) atoms. The van der Waals surface area contributed by atoms with Crippen molar-refractivity contribution in [2.24, 2.45) is 0 Å². The number of sulfonamides is 1. The second-order valence-electron chi connectivity index (χ2n) is 5.74. The first kappa shape index (κ1) is 21.4. The van der Waals surface area contributed by atoms with E-state index in [1.54, 1.807) is 26.0 Å². The first-order chi connectivity index (χ1) is 12.4. The molecule has 0 saturated carbocycles. The molecule has 8 heteroatoms. The Morgan fingerprint density at radius 1 is 1.07 bits per heavy atom. The summed E-state index contributed by atoms with van der Waals surface area (Å²) in [6.07, 6.45) is 0.0852. The molecular formula is C19H18N2NaO4S. The number of nitrogens with zero attached hydrogens (tertiary/aromatic N) is 1. The molecule has 0 aliphatic carbocycles. The molecule has 0 unspecified atom stereocenters. The fourth-order valence-electron chi connectivity index (χ4n) is 2.60. The van der Waals surface area contributed by atoms with E-state index in [0.29, 0.717) is 17.0 Å². The molecule has 0 fully saturated rings. The van der Waals surface area contributed by atoms with E-state index in [1.807, 2.05) is 35.1 Å². The van der Waals surface area contributed by atoms with Crippen LogP contribution in [0.1, 0.15) is 19.1 Å². The number of hydrogen-bond acceptors (Lipinski definition) is 5. The average Bonchev–Trinajstić information content (AvgIpc) is 3.03. The molecule has 1 aromatic heterocycles. The van der Waals surface area contributed by atoms with Gasteiger partial charge in [0.05, 0.1) is 10.5 Å². The molecule has 0 spiro atoms. The number of aryl methyl sites for hydroxylation is 1. The van der Waals surface area contributed by atoms with Gasteiger partial charge in [-0.3, -0.25) is 4.79 Å². The summed E-state index contributed by atoms with van der Waals surface area (Å²) < 4.78 is 32.2. The first-order valence-corrected chi connectivity index (χ1v) is 9.58. The number of carbonyl (C=O) groups is 1.